The number of rotatable bonds is 3. The van der Waals surface area contributed by atoms with Crippen molar-refractivity contribution >= 4 is 39.1 Å². The molecule has 0 saturated carbocycles. The molecule has 1 aliphatic rings. The predicted molar refractivity (Wildman–Crippen MR) is 99.2 cm³/mol. The minimum absolute atomic E-state index is 0.0660. The molecule has 4 rings (SSSR count). The molecule has 5 nitrogen and oxygen atoms in total. The van der Waals surface area contributed by atoms with E-state index in [-0.39, 0.29) is 23.5 Å². The minimum Gasteiger partial charge on any atom is -0.361 e. The van der Waals surface area contributed by atoms with Gasteiger partial charge in [0, 0.05) is 23.5 Å². The number of para-hydroxylation sites is 1. The van der Waals surface area contributed by atoms with E-state index in [0.717, 1.165) is 28.6 Å². The second kappa shape index (κ2) is 5.81. The number of aromatic amines is 1. The molecule has 1 aliphatic carbocycles. The summed E-state index contributed by atoms with van der Waals surface area (Å²) in [6.07, 6.45) is 3.44. The van der Waals surface area contributed by atoms with Gasteiger partial charge in [0.2, 0.25) is 5.91 Å². The summed E-state index contributed by atoms with van der Waals surface area (Å²) in [4.78, 5) is 33.0. The average Bonchev–Trinajstić information content (AvgIpc) is 3.11. The highest BCUT2D eigenvalue weighted by Crippen LogP contribution is 2.38. The zero-order valence-corrected chi connectivity index (χ0v) is 15.0. The number of Topliss-reactive ketones (excluding diaryl/α,β-unsaturated/α-hetero) is 1. The van der Waals surface area contributed by atoms with Crippen LogP contribution in [0.2, 0.25) is 0 Å². The Kier molecular flexibility index (Phi) is 3.72. The summed E-state index contributed by atoms with van der Waals surface area (Å²) in [5.74, 6) is 0.00318. The lowest BCUT2D eigenvalue weighted by Crippen LogP contribution is -2.26. The van der Waals surface area contributed by atoms with Crippen LogP contribution in [0.4, 0.5) is 5.13 Å². The van der Waals surface area contributed by atoms with Gasteiger partial charge in [-0.05, 0) is 23.5 Å². The fourth-order valence-electron chi connectivity index (χ4n) is 3.39. The van der Waals surface area contributed by atoms with E-state index in [0.29, 0.717) is 16.4 Å². The van der Waals surface area contributed by atoms with Crippen LogP contribution in [0.3, 0.4) is 0 Å². The first kappa shape index (κ1) is 16.0. The van der Waals surface area contributed by atoms with Crippen LogP contribution >= 0.6 is 11.3 Å². The molecule has 3 aromatic rings. The molecule has 2 heterocycles. The summed E-state index contributed by atoms with van der Waals surface area (Å²) < 4.78 is 0. The largest absolute Gasteiger partial charge is 0.361 e. The van der Waals surface area contributed by atoms with Gasteiger partial charge in [0.25, 0.3) is 0 Å². The Labute approximate surface area is 149 Å². The van der Waals surface area contributed by atoms with E-state index in [2.05, 4.69) is 29.1 Å². The van der Waals surface area contributed by atoms with Crippen LogP contribution in [0, 0.1) is 5.41 Å². The number of thiazole rings is 1. The van der Waals surface area contributed by atoms with Gasteiger partial charge in [-0.2, -0.15) is 0 Å². The quantitative estimate of drug-likeness (QED) is 0.748. The Morgan fingerprint density at radius 3 is 2.96 bits per heavy atom. The zero-order chi connectivity index (χ0) is 17.6. The highest BCUT2D eigenvalue weighted by Gasteiger charge is 2.34. The van der Waals surface area contributed by atoms with Crippen molar-refractivity contribution in [3.63, 3.8) is 0 Å². The van der Waals surface area contributed by atoms with Crippen molar-refractivity contribution in [3.8, 4) is 0 Å². The fourth-order valence-corrected chi connectivity index (χ4v) is 4.32. The topological polar surface area (TPSA) is 74.8 Å². The number of anilines is 1. The number of amides is 1. The standard InChI is InChI=1S/C19H19N3O2S/c1-19(2)8-14-17(15(23)9-19)25-18(21-14)22-16(24)7-11-10-20-13-6-4-3-5-12(11)13/h3-6,10,20H,7-9H2,1-2H3,(H,21,22,24). The molecule has 0 atom stereocenters. The van der Waals surface area contributed by atoms with Crippen molar-refractivity contribution < 1.29 is 9.59 Å². The summed E-state index contributed by atoms with van der Waals surface area (Å²) in [7, 11) is 0. The number of nitrogens with one attached hydrogen (secondary N) is 2. The van der Waals surface area contributed by atoms with E-state index in [9.17, 15) is 9.59 Å². The molecule has 6 heteroatoms. The lowest BCUT2D eigenvalue weighted by Gasteiger charge is -2.26. The van der Waals surface area contributed by atoms with Crippen molar-refractivity contribution in [3.05, 3.63) is 46.6 Å². The van der Waals surface area contributed by atoms with Crippen molar-refractivity contribution in [1.29, 1.82) is 0 Å². The van der Waals surface area contributed by atoms with Crippen LogP contribution in [-0.2, 0) is 17.6 Å². The average molecular weight is 353 g/mol. The Balaban J connectivity index is 1.51. The molecular weight excluding hydrogens is 334 g/mol. The molecule has 0 radical (unpaired) electrons. The van der Waals surface area contributed by atoms with Crippen LogP contribution in [0.1, 0.15) is 41.2 Å². The van der Waals surface area contributed by atoms with E-state index in [4.69, 9.17) is 0 Å². The van der Waals surface area contributed by atoms with Crippen molar-refractivity contribution in [1.82, 2.24) is 9.97 Å². The summed E-state index contributed by atoms with van der Waals surface area (Å²) in [6, 6.07) is 7.90. The number of aromatic nitrogens is 2. The number of ketones is 1. The maximum atomic E-state index is 12.4. The molecule has 0 bridgehead atoms. The third kappa shape index (κ3) is 3.09. The molecule has 1 aromatic carbocycles. The van der Waals surface area contributed by atoms with Gasteiger partial charge >= 0.3 is 0 Å². The van der Waals surface area contributed by atoms with Crippen LogP contribution in [-0.4, -0.2) is 21.7 Å². The second-order valence-corrected chi connectivity index (χ2v) is 8.32. The first-order valence-electron chi connectivity index (χ1n) is 8.29. The highest BCUT2D eigenvalue weighted by molar-refractivity contribution is 7.17. The monoisotopic (exact) mass is 353 g/mol. The van der Waals surface area contributed by atoms with Gasteiger partial charge < -0.3 is 10.3 Å². The number of carbonyl (C=O) groups excluding carboxylic acids is 2. The molecule has 128 valence electrons. The maximum absolute atomic E-state index is 12.4. The van der Waals surface area contributed by atoms with Gasteiger partial charge in [-0.1, -0.05) is 43.4 Å². The van der Waals surface area contributed by atoms with E-state index in [1.807, 2.05) is 30.5 Å². The van der Waals surface area contributed by atoms with Crippen LogP contribution in [0.5, 0.6) is 0 Å². The summed E-state index contributed by atoms with van der Waals surface area (Å²) in [5, 5.41) is 4.42. The molecule has 0 aliphatic heterocycles. The van der Waals surface area contributed by atoms with Crippen LogP contribution in [0.25, 0.3) is 10.9 Å². The molecule has 0 saturated heterocycles. The van der Waals surface area contributed by atoms with E-state index in [1.54, 1.807) is 0 Å². The smallest absolute Gasteiger partial charge is 0.230 e. The molecular formula is C19H19N3O2S. The third-order valence-electron chi connectivity index (χ3n) is 4.51. The maximum Gasteiger partial charge on any atom is 0.230 e. The number of hydrogen-bond donors (Lipinski definition) is 2. The lowest BCUT2D eigenvalue weighted by molar-refractivity contribution is -0.115. The molecule has 0 fully saturated rings. The molecule has 2 N–H and O–H groups in total. The van der Waals surface area contributed by atoms with Gasteiger partial charge in [-0.25, -0.2) is 4.98 Å². The van der Waals surface area contributed by atoms with Gasteiger partial charge in [0.05, 0.1) is 17.0 Å². The molecule has 0 spiro atoms. The van der Waals surface area contributed by atoms with Crippen LogP contribution < -0.4 is 5.32 Å². The summed E-state index contributed by atoms with van der Waals surface area (Å²) >= 11 is 1.29. The van der Waals surface area contributed by atoms with Crippen molar-refractivity contribution in [2.24, 2.45) is 5.41 Å². The molecule has 1 amide bonds. The Bertz CT molecular complexity index is 984. The van der Waals surface area contributed by atoms with E-state index in [1.165, 1.54) is 11.3 Å². The van der Waals surface area contributed by atoms with Gasteiger partial charge in [0.1, 0.15) is 0 Å². The fraction of sp³-hybridized carbons (Fsp3) is 0.316. The number of hydrogen-bond acceptors (Lipinski definition) is 4. The van der Waals surface area contributed by atoms with Crippen LogP contribution in [0.15, 0.2) is 30.5 Å². The Hall–Kier alpha value is -2.47. The summed E-state index contributed by atoms with van der Waals surface area (Å²) in [5.41, 5.74) is 2.71. The number of carbonyl (C=O) groups is 2. The van der Waals surface area contributed by atoms with Gasteiger partial charge in [-0.3, -0.25) is 9.59 Å². The van der Waals surface area contributed by atoms with E-state index >= 15 is 0 Å². The van der Waals surface area contributed by atoms with Gasteiger partial charge in [-0.15, -0.1) is 0 Å². The molecule has 0 unspecified atom stereocenters. The highest BCUT2D eigenvalue weighted by atomic mass is 32.1. The number of benzene rings is 1. The number of H-pyrrole nitrogens is 1. The number of nitrogens with zero attached hydrogens (tertiary/aromatic N) is 1. The Morgan fingerprint density at radius 2 is 2.12 bits per heavy atom. The molecule has 2 aromatic heterocycles. The first-order valence-corrected chi connectivity index (χ1v) is 9.11. The zero-order valence-electron chi connectivity index (χ0n) is 14.2. The SMILES string of the molecule is CC1(C)CC(=O)c2sc(NC(=O)Cc3c[nH]c4ccccc34)nc2C1. The Morgan fingerprint density at radius 1 is 1.32 bits per heavy atom. The minimum atomic E-state index is -0.123. The third-order valence-corrected chi connectivity index (χ3v) is 5.56. The number of fused-ring (bicyclic) bond motifs is 2. The second-order valence-electron chi connectivity index (χ2n) is 7.32. The lowest BCUT2D eigenvalue weighted by atomic mass is 9.78. The molecule has 25 heavy (non-hydrogen) atoms. The van der Waals surface area contributed by atoms with Crippen molar-refractivity contribution in [2.45, 2.75) is 33.1 Å². The van der Waals surface area contributed by atoms with Gasteiger partial charge in [0.15, 0.2) is 10.9 Å². The first-order chi connectivity index (χ1) is 11.9. The van der Waals surface area contributed by atoms with Crippen molar-refractivity contribution in [2.75, 3.05) is 5.32 Å². The summed E-state index contributed by atoms with van der Waals surface area (Å²) in [6.45, 7) is 4.14. The normalized spacial score (nSPS) is 16.0. The predicted octanol–water partition coefficient (Wildman–Crippen LogP) is 3.96. The van der Waals surface area contributed by atoms with E-state index < -0.39 is 0 Å².